The number of hydrogen-bond acceptors (Lipinski definition) is 2. The summed E-state index contributed by atoms with van der Waals surface area (Å²) in [7, 11) is 0. The molecule has 94 valence electrons. The van der Waals surface area contributed by atoms with Crippen molar-refractivity contribution in [2.75, 3.05) is 25.6 Å². The van der Waals surface area contributed by atoms with Gasteiger partial charge in [-0.25, -0.2) is 0 Å². The van der Waals surface area contributed by atoms with Crippen molar-refractivity contribution in [3.05, 3.63) is 0 Å². The maximum atomic E-state index is 5.82. The normalized spacial score (nSPS) is 30.6. The van der Waals surface area contributed by atoms with Gasteiger partial charge in [0.25, 0.3) is 0 Å². The molecule has 2 rings (SSSR count). The lowest BCUT2D eigenvalue weighted by Gasteiger charge is -2.37. The van der Waals surface area contributed by atoms with E-state index in [1.54, 1.807) is 0 Å². The van der Waals surface area contributed by atoms with E-state index in [0.717, 1.165) is 25.1 Å². The Morgan fingerprint density at radius 1 is 1.12 bits per heavy atom. The third-order valence-corrected chi connectivity index (χ3v) is 4.19. The summed E-state index contributed by atoms with van der Waals surface area (Å²) in [5, 5.41) is 0. The number of ether oxygens (including phenoxy) is 1. The van der Waals surface area contributed by atoms with Crippen LogP contribution in [0.5, 0.6) is 0 Å². The Morgan fingerprint density at radius 2 is 2.00 bits per heavy atom. The van der Waals surface area contributed by atoms with E-state index >= 15 is 0 Å². The zero-order valence-electron chi connectivity index (χ0n) is 10.2. The molecular formula is C13H24ClNO. The van der Waals surface area contributed by atoms with Gasteiger partial charge in [0.1, 0.15) is 0 Å². The Bertz CT molecular complexity index is 200. The lowest BCUT2D eigenvalue weighted by molar-refractivity contribution is -0.0558. The van der Waals surface area contributed by atoms with Crippen molar-refractivity contribution in [2.24, 2.45) is 0 Å². The van der Waals surface area contributed by atoms with E-state index in [1.807, 2.05) is 0 Å². The summed E-state index contributed by atoms with van der Waals surface area (Å²) in [4.78, 5) is 2.67. The molecule has 0 aromatic rings. The third-order valence-electron chi connectivity index (χ3n) is 3.93. The van der Waals surface area contributed by atoms with Crippen LogP contribution in [0.3, 0.4) is 0 Å². The van der Waals surface area contributed by atoms with Gasteiger partial charge in [0.15, 0.2) is 0 Å². The van der Waals surface area contributed by atoms with E-state index in [0.29, 0.717) is 6.10 Å². The predicted molar refractivity (Wildman–Crippen MR) is 68.1 cm³/mol. The summed E-state index contributed by atoms with van der Waals surface area (Å²) in [5.41, 5.74) is 0. The van der Waals surface area contributed by atoms with E-state index in [2.05, 4.69) is 4.90 Å². The molecule has 0 N–H and O–H groups in total. The van der Waals surface area contributed by atoms with Crippen molar-refractivity contribution in [1.29, 1.82) is 0 Å². The zero-order valence-corrected chi connectivity index (χ0v) is 10.9. The molecule has 0 spiro atoms. The standard InChI is InChI=1S/C13H24ClNO/c14-8-3-1-2-4-9-15-10-11-16-13-7-5-6-12(13)15/h12-13H,1-11H2. The van der Waals surface area contributed by atoms with Crippen LogP contribution in [0.2, 0.25) is 0 Å². The highest BCUT2D eigenvalue weighted by atomic mass is 35.5. The number of fused-ring (bicyclic) bond motifs is 1. The molecule has 2 unspecified atom stereocenters. The summed E-state index contributed by atoms with van der Waals surface area (Å²) in [5.74, 6) is 0.822. The Balaban J connectivity index is 1.64. The van der Waals surface area contributed by atoms with Gasteiger partial charge in [0.2, 0.25) is 0 Å². The second-order valence-corrected chi connectivity index (χ2v) is 5.42. The minimum Gasteiger partial charge on any atom is -0.375 e. The van der Waals surface area contributed by atoms with Crippen LogP contribution in [0.25, 0.3) is 0 Å². The predicted octanol–water partition coefficient (Wildman–Crippen LogP) is 3.04. The maximum Gasteiger partial charge on any atom is 0.0730 e. The minimum absolute atomic E-state index is 0.552. The first kappa shape index (κ1) is 12.7. The first-order chi connectivity index (χ1) is 7.92. The maximum absolute atomic E-state index is 5.82. The SMILES string of the molecule is ClCCCCCCN1CCOC2CCCC21. The molecule has 2 aliphatic rings. The number of halogens is 1. The number of hydrogen-bond donors (Lipinski definition) is 0. The quantitative estimate of drug-likeness (QED) is 0.527. The molecule has 0 aromatic carbocycles. The molecule has 1 saturated heterocycles. The minimum atomic E-state index is 0.552. The van der Waals surface area contributed by atoms with E-state index in [1.165, 1.54) is 51.5 Å². The Hall–Kier alpha value is 0.210. The third kappa shape index (κ3) is 3.35. The van der Waals surface area contributed by atoms with Gasteiger partial charge >= 0.3 is 0 Å². The molecule has 0 radical (unpaired) electrons. The molecule has 16 heavy (non-hydrogen) atoms. The zero-order chi connectivity index (χ0) is 11.2. The molecule has 1 aliphatic carbocycles. The first-order valence-corrected chi connectivity index (χ1v) is 7.37. The lowest BCUT2D eigenvalue weighted by Crippen LogP contribution is -2.48. The molecule has 3 heteroatoms. The molecule has 0 bridgehead atoms. The van der Waals surface area contributed by atoms with Crippen LogP contribution in [0.15, 0.2) is 0 Å². The fourth-order valence-corrected chi connectivity index (χ4v) is 3.24. The van der Waals surface area contributed by atoms with Crippen molar-refractivity contribution in [1.82, 2.24) is 4.90 Å². The Morgan fingerprint density at radius 3 is 2.88 bits per heavy atom. The molecular weight excluding hydrogens is 222 g/mol. The molecule has 2 fully saturated rings. The molecule has 2 atom stereocenters. The summed E-state index contributed by atoms with van der Waals surface area (Å²) in [6.45, 7) is 3.37. The van der Waals surface area contributed by atoms with Crippen LogP contribution in [-0.2, 0) is 4.74 Å². The van der Waals surface area contributed by atoms with Gasteiger partial charge in [0.05, 0.1) is 12.7 Å². The molecule has 0 aromatic heterocycles. The lowest BCUT2D eigenvalue weighted by atomic mass is 10.1. The largest absolute Gasteiger partial charge is 0.375 e. The molecule has 1 heterocycles. The van der Waals surface area contributed by atoms with Gasteiger partial charge in [-0.1, -0.05) is 12.8 Å². The van der Waals surface area contributed by atoms with Gasteiger partial charge in [-0.3, -0.25) is 4.90 Å². The van der Waals surface area contributed by atoms with Gasteiger partial charge < -0.3 is 4.74 Å². The van der Waals surface area contributed by atoms with Crippen LogP contribution in [-0.4, -0.2) is 42.6 Å². The van der Waals surface area contributed by atoms with Crippen LogP contribution >= 0.6 is 11.6 Å². The smallest absolute Gasteiger partial charge is 0.0730 e. The fourth-order valence-electron chi connectivity index (χ4n) is 3.05. The summed E-state index contributed by atoms with van der Waals surface area (Å²) >= 11 is 5.68. The fraction of sp³-hybridized carbons (Fsp3) is 1.00. The van der Waals surface area contributed by atoms with E-state index in [4.69, 9.17) is 16.3 Å². The topological polar surface area (TPSA) is 12.5 Å². The molecule has 1 aliphatic heterocycles. The number of nitrogens with zero attached hydrogens (tertiary/aromatic N) is 1. The van der Waals surface area contributed by atoms with Crippen molar-refractivity contribution < 1.29 is 4.74 Å². The number of rotatable bonds is 6. The van der Waals surface area contributed by atoms with Crippen molar-refractivity contribution in [3.8, 4) is 0 Å². The van der Waals surface area contributed by atoms with Crippen LogP contribution in [0, 0.1) is 0 Å². The average Bonchev–Trinajstić information content (AvgIpc) is 2.77. The average molecular weight is 246 g/mol. The van der Waals surface area contributed by atoms with Crippen molar-refractivity contribution in [3.63, 3.8) is 0 Å². The van der Waals surface area contributed by atoms with Gasteiger partial charge in [-0.05, 0) is 38.6 Å². The summed E-state index contributed by atoms with van der Waals surface area (Å²) < 4.78 is 5.82. The summed E-state index contributed by atoms with van der Waals surface area (Å²) in [6, 6.07) is 0.738. The highest BCUT2D eigenvalue weighted by Gasteiger charge is 2.35. The molecule has 1 saturated carbocycles. The van der Waals surface area contributed by atoms with E-state index in [9.17, 15) is 0 Å². The van der Waals surface area contributed by atoms with Gasteiger partial charge in [0, 0.05) is 18.5 Å². The number of morpholine rings is 1. The second kappa shape index (κ2) is 6.83. The summed E-state index contributed by atoms with van der Waals surface area (Å²) in [6.07, 6.45) is 9.69. The van der Waals surface area contributed by atoms with E-state index in [-0.39, 0.29) is 0 Å². The van der Waals surface area contributed by atoms with Gasteiger partial charge in [-0.15, -0.1) is 11.6 Å². The Labute approximate surface area is 104 Å². The Kier molecular flexibility index (Phi) is 5.40. The number of alkyl halides is 1. The number of unbranched alkanes of at least 4 members (excludes halogenated alkanes) is 3. The van der Waals surface area contributed by atoms with Crippen LogP contribution in [0.1, 0.15) is 44.9 Å². The first-order valence-electron chi connectivity index (χ1n) is 6.83. The van der Waals surface area contributed by atoms with E-state index < -0.39 is 0 Å². The van der Waals surface area contributed by atoms with Crippen molar-refractivity contribution >= 4 is 11.6 Å². The highest BCUT2D eigenvalue weighted by Crippen LogP contribution is 2.29. The second-order valence-electron chi connectivity index (χ2n) is 5.05. The highest BCUT2D eigenvalue weighted by molar-refractivity contribution is 6.17. The molecule has 0 amide bonds. The monoisotopic (exact) mass is 245 g/mol. The van der Waals surface area contributed by atoms with Crippen molar-refractivity contribution in [2.45, 2.75) is 57.1 Å². The van der Waals surface area contributed by atoms with Gasteiger partial charge in [-0.2, -0.15) is 0 Å². The van der Waals surface area contributed by atoms with Crippen LogP contribution in [0.4, 0.5) is 0 Å². The molecule has 2 nitrogen and oxygen atoms in total. The van der Waals surface area contributed by atoms with Crippen LogP contribution < -0.4 is 0 Å².